The van der Waals surface area contributed by atoms with E-state index in [4.69, 9.17) is 5.26 Å². The number of rotatable bonds is 0. The Morgan fingerprint density at radius 3 is 2.25 bits per heavy atom. The molecular weight excluding hydrogens is 146 g/mol. The van der Waals surface area contributed by atoms with Crippen molar-refractivity contribution < 1.29 is 19.0 Å². The van der Waals surface area contributed by atoms with E-state index in [-0.39, 0.29) is 0 Å². The van der Waals surface area contributed by atoms with Gasteiger partial charge in [0.15, 0.2) is 0 Å². The summed E-state index contributed by atoms with van der Waals surface area (Å²) < 4.78 is 2.89. The maximum absolute atomic E-state index is 7.42. The molecule has 0 aliphatic heterocycles. The van der Waals surface area contributed by atoms with Crippen molar-refractivity contribution in [3.05, 3.63) is 0 Å². The minimum atomic E-state index is 1.49. The predicted octanol–water partition coefficient (Wildman–Crippen LogP) is 0.198. The Kier molecular flexibility index (Phi) is 2.92. The fourth-order valence-corrected chi connectivity index (χ4v) is 0. The summed E-state index contributed by atoms with van der Waals surface area (Å²) in [6.07, 6.45) is 1.49. The first kappa shape index (κ1) is 3.95. The van der Waals surface area contributed by atoms with Gasteiger partial charge in [0, 0.05) is 0 Å². The maximum atomic E-state index is 7.42. The van der Waals surface area contributed by atoms with Crippen LogP contribution in [0.4, 0.5) is 0 Å². The summed E-state index contributed by atoms with van der Waals surface area (Å²) in [7, 11) is 0. The number of nitrogens with zero attached hydrogens (tertiary/aromatic N) is 2. The molecule has 0 rings (SSSR count). The molecule has 0 aromatic carbocycles. The van der Waals surface area contributed by atoms with Gasteiger partial charge in [0.05, 0.1) is 0 Å². The van der Waals surface area contributed by atoms with Gasteiger partial charge in [-0.1, -0.05) is 0 Å². The summed E-state index contributed by atoms with van der Waals surface area (Å²) in [5.74, 6) is 0. The molecule has 0 aromatic rings. The fourth-order valence-electron chi connectivity index (χ4n) is 0. The van der Waals surface area contributed by atoms with Gasteiger partial charge in [-0.2, -0.15) is 0 Å². The first-order valence-corrected chi connectivity index (χ1v) is 1.28. The van der Waals surface area contributed by atoms with Crippen LogP contribution in [0.1, 0.15) is 0 Å². The average molecular weight is 146 g/mol. The standard InChI is InChI=1S/CN2.Pd/c2-1-3;. The second kappa shape index (κ2) is 2.95. The van der Waals surface area contributed by atoms with Gasteiger partial charge in [-0.25, -0.2) is 0 Å². The van der Waals surface area contributed by atoms with Crippen LogP contribution < -0.4 is 0 Å². The van der Waals surface area contributed by atoms with E-state index in [9.17, 15) is 0 Å². The molecule has 4 heavy (non-hydrogen) atoms. The van der Waals surface area contributed by atoms with Crippen molar-refractivity contribution in [2.45, 2.75) is 0 Å². The van der Waals surface area contributed by atoms with E-state index in [1.807, 2.05) is 0 Å². The molecule has 0 amide bonds. The third-order valence-electron chi connectivity index (χ3n) is 0.0316. The molecule has 0 saturated heterocycles. The Labute approximate surface area is 34.7 Å². The molecule has 3 heteroatoms. The van der Waals surface area contributed by atoms with Crippen LogP contribution >= 0.6 is 0 Å². The molecule has 0 unspecified atom stereocenters. The summed E-state index contributed by atoms with van der Waals surface area (Å²) in [5, 5.41) is 7.42. The Balaban J connectivity index is 2.92. The molecule has 0 aromatic heterocycles. The fraction of sp³-hybridized carbons (Fsp3) is 0. The summed E-state index contributed by atoms with van der Waals surface area (Å²) in [6.45, 7) is 0. The molecule has 24 valence electrons. The molecule has 0 heterocycles. The van der Waals surface area contributed by atoms with Gasteiger partial charge < -0.3 is 0 Å². The number of nitriles is 1. The van der Waals surface area contributed by atoms with Gasteiger partial charge in [-0.3, -0.25) is 0 Å². The summed E-state index contributed by atoms with van der Waals surface area (Å²) in [6, 6.07) is 0. The van der Waals surface area contributed by atoms with Crippen LogP contribution in [0.15, 0.2) is 3.57 Å². The van der Waals surface area contributed by atoms with Crippen molar-refractivity contribution in [2.24, 2.45) is 3.57 Å². The van der Waals surface area contributed by atoms with Gasteiger partial charge in [0.1, 0.15) is 0 Å². The zero-order chi connectivity index (χ0) is 3.41. The molecule has 0 N–H and O–H groups in total. The monoisotopic (exact) mass is 146 g/mol. The van der Waals surface area contributed by atoms with E-state index >= 15 is 0 Å². The molecule has 0 spiro atoms. The molecule has 0 radical (unpaired) electrons. The van der Waals surface area contributed by atoms with Crippen molar-refractivity contribution in [1.29, 1.82) is 5.26 Å². The molecular formula is CN2Pd. The van der Waals surface area contributed by atoms with Crippen LogP contribution in [0.25, 0.3) is 0 Å². The van der Waals surface area contributed by atoms with E-state index < -0.39 is 0 Å². The van der Waals surface area contributed by atoms with Crippen molar-refractivity contribution in [2.75, 3.05) is 0 Å². The Morgan fingerprint density at radius 2 is 2.25 bits per heavy atom. The number of hydrogen-bond donors (Lipinski definition) is 0. The topological polar surface area (TPSA) is 36.1 Å². The number of hydrogen-bond acceptors (Lipinski definition) is 2. The molecule has 0 fully saturated rings. The SMILES string of the molecule is N#C[N]=[Pd]. The van der Waals surface area contributed by atoms with Gasteiger partial charge in [0.25, 0.3) is 0 Å². The van der Waals surface area contributed by atoms with Crippen molar-refractivity contribution >= 4 is 0 Å². The normalized spacial score (nSPS) is 4.25. The average Bonchev–Trinajstić information content (AvgIpc) is 1.37. The second-order valence-corrected chi connectivity index (χ2v) is 0.518. The Morgan fingerprint density at radius 1 is 2.00 bits per heavy atom. The Hall–Kier alpha value is -0.0477. The third-order valence-corrected chi connectivity index (χ3v) is 0.187. The summed E-state index contributed by atoms with van der Waals surface area (Å²) in [5.41, 5.74) is 0. The van der Waals surface area contributed by atoms with Crippen molar-refractivity contribution in [3.63, 3.8) is 0 Å². The van der Waals surface area contributed by atoms with Gasteiger partial charge in [0.2, 0.25) is 0 Å². The second-order valence-electron chi connectivity index (χ2n) is 0.171. The van der Waals surface area contributed by atoms with Crippen LogP contribution in [-0.4, -0.2) is 0 Å². The van der Waals surface area contributed by atoms with Gasteiger partial charge in [-0.15, -0.1) is 0 Å². The van der Waals surface area contributed by atoms with E-state index in [2.05, 4.69) is 22.6 Å². The quantitative estimate of drug-likeness (QED) is 0.355. The van der Waals surface area contributed by atoms with Crippen molar-refractivity contribution in [3.8, 4) is 6.19 Å². The predicted molar refractivity (Wildman–Crippen MR) is 8.04 cm³/mol. The van der Waals surface area contributed by atoms with E-state index in [1.54, 1.807) is 0 Å². The molecule has 0 atom stereocenters. The molecule has 0 aliphatic rings. The third kappa shape index (κ3) is 1.95. The van der Waals surface area contributed by atoms with Gasteiger partial charge >= 0.3 is 34.0 Å². The Bertz CT molecular complexity index is 51.5. The minimum absolute atomic E-state index is 1.49. The first-order valence-electron chi connectivity index (χ1n) is 0.589. The molecule has 0 saturated carbocycles. The first-order chi connectivity index (χ1) is 1.91. The van der Waals surface area contributed by atoms with Crippen LogP contribution in [0.5, 0.6) is 0 Å². The zero-order valence-electron chi connectivity index (χ0n) is 1.71. The van der Waals surface area contributed by atoms with E-state index in [0.29, 0.717) is 0 Å². The van der Waals surface area contributed by atoms with E-state index in [1.165, 1.54) is 6.19 Å². The molecule has 0 bridgehead atoms. The zero-order valence-corrected chi connectivity index (χ0v) is 3.27. The van der Waals surface area contributed by atoms with Crippen molar-refractivity contribution in [1.82, 2.24) is 0 Å². The van der Waals surface area contributed by atoms with Crippen LogP contribution in [-0.2, 0) is 19.0 Å². The van der Waals surface area contributed by atoms with Crippen LogP contribution in [0.3, 0.4) is 0 Å². The summed E-state index contributed by atoms with van der Waals surface area (Å²) >= 11 is 2.30. The van der Waals surface area contributed by atoms with Crippen LogP contribution in [0, 0.1) is 11.5 Å². The summed E-state index contributed by atoms with van der Waals surface area (Å²) in [4.78, 5) is 0. The molecule has 0 aliphatic carbocycles. The van der Waals surface area contributed by atoms with E-state index in [0.717, 1.165) is 0 Å². The van der Waals surface area contributed by atoms with Gasteiger partial charge in [-0.05, 0) is 0 Å². The van der Waals surface area contributed by atoms with Crippen LogP contribution in [0.2, 0.25) is 0 Å². The molecule has 2 nitrogen and oxygen atoms in total.